The normalized spacial score (nSPS) is 14.9. The number of rotatable bonds is 8. The largest absolute Gasteiger partial charge is 0.490 e. The van der Waals surface area contributed by atoms with Crippen LogP contribution in [0.2, 0.25) is 0 Å². The Kier molecular flexibility index (Phi) is 9.83. The Morgan fingerprint density at radius 2 is 1.09 bits per heavy atom. The van der Waals surface area contributed by atoms with E-state index >= 15 is 13.2 Å². The second kappa shape index (κ2) is 14.2. The minimum atomic E-state index is -4.90. The molecule has 7 rings (SSSR count). The summed E-state index contributed by atoms with van der Waals surface area (Å²) in [5.41, 5.74) is -0.700. The van der Waals surface area contributed by atoms with E-state index < -0.39 is 35.2 Å². The summed E-state index contributed by atoms with van der Waals surface area (Å²) >= 11 is 0. The Morgan fingerprint density at radius 1 is 0.623 bits per heavy atom. The first kappa shape index (κ1) is 36.8. The standard InChI is InChI=1S/C41H31F3N2O5.C2H6/c1-24-14-19-34(35(20-24)51-23-33(25-10-6-4-7-11-25)26-12-8-5-9-13-26)46-38(49)30-18-16-28(22-32(30)39(46)50)40(2,41(42,43)44)27-15-17-29-31(21-27)37(48)45(3)36(29)47;1-2/h4-22,33H,23H2,1-3H3;1-2H3. The highest BCUT2D eigenvalue weighted by atomic mass is 19.4. The molecule has 270 valence electrons. The van der Waals surface area contributed by atoms with Gasteiger partial charge in [0.2, 0.25) is 0 Å². The molecule has 5 aromatic carbocycles. The number of amides is 4. The van der Waals surface area contributed by atoms with Crippen molar-refractivity contribution >= 4 is 29.3 Å². The van der Waals surface area contributed by atoms with Gasteiger partial charge < -0.3 is 4.74 Å². The molecule has 0 spiro atoms. The van der Waals surface area contributed by atoms with Crippen LogP contribution >= 0.6 is 0 Å². The number of halogens is 3. The van der Waals surface area contributed by atoms with Gasteiger partial charge in [-0.2, -0.15) is 13.2 Å². The summed E-state index contributed by atoms with van der Waals surface area (Å²) < 4.78 is 51.7. The average molecular weight is 719 g/mol. The molecule has 0 fully saturated rings. The van der Waals surface area contributed by atoms with Gasteiger partial charge in [0.1, 0.15) is 11.2 Å². The van der Waals surface area contributed by atoms with E-state index in [1.54, 1.807) is 18.2 Å². The highest BCUT2D eigenvalue weighted by molar-refractivity contribution is 6.35. The topological polar surface area (TPSA) is 84.0 Å². The number of benzene rings is 5. The first-order valence-corrected chi connectivity index (χ1v) is 17.2. The lowest BCUT2D eigenvalue weighted by Crippen LogP contribution is -2.41. The van der Waals surface area contributed by atoms with Crippen LogP contribution in [0.5, 0.6) is 5.75 Å². The van der Waals surface area contributed by atoms with E-state index in [1.165, 1.54) is 25.2 Å². The van der Waals surface area contributed by atoms with Gasteiger partial charge in [0, 0.05) is 13.0 Å². The molecule has 5 aromatic rings. The highest BCUT2D eigenvalue weighted by Gasteiger charge is 2.55. The van der Waals surface area contributed by atoms with Crippen LogP contribution < -0.4 is 9.64 Å². The van der Waals surface area contributed by atoms with Crippen molar-refractivity contribution in [1.29, 1.82) is 0 Å². The van der Waals surface area contributed by atoms with Gasteiger partial charge in [-0.15, -0.1) is 0 Å². The number of imide groups is 2. The Morgan fingerprint density at radius 3 is 1.62 bits per heavy atom. The van der Waals surface area contributed by atoms with Crippen LogP contribution in [0.3, 0.4) is 0 Å². The molecular formula is C43H37F3N2O5. The van der Waals surface area contributed by atoms with Crippen LogP contribution in [-0.2, 0) is 5.41 Å². The highest BCUT2D eigenvalue weighted by Crippen LogP contribution is 2.48. The maximum absolute atomic E-state index is 15.1. The van der Waals surface area contributed by atoms with Gasteiger partial charge in [-0.05, 0) is 78.1 Å². The van der Waals surface area contributed by atoms with Crippen molar-refractivity contribution in [1.82, 2.24) is 4.90 Å². The fourth-order valence-electron chi connectivity index (χ4n) is 6.79. The lowest BCUT2D eigenvalue weighted by atomic mass is 9.74. The van der Waals surface area contributed by atoms with Gasteiger partial charge in [0.15, 0.2) is 0 Å². The maximum Gasteiger partial charge on any atom is 0.402 e. The number of anilines is 1. The first-order chi connectivity index (χ1) is 25.3. The number of ether oxygens (including phenoxy) is 1. The smallest absolute Gasteiger partial charge is 0.402 e. The Balaban J connectivity index is 0.00000236. The Hall–Kier alpha value is -6.03. The molecular weight excluding hydrogens is 681 g/mol. The van der Waals surface area contributed by atoms with Crippen molar-refractivity contribution in [3.63, 3.8) is 0 Å². The molecule has 0 N–H and O–H groups in total. The summed E-state index contributed by atoms with van der Waals surface area (Å²) in [4.78, 5) is 54.8. The molecule has 0 radical (unpaired) electrons. The number of alkyl halides is 3. The van der Waals surface area contributed by atoms with E-state index in [2.05, 4.69) is 0 Å². The lowest BCUT2D eigenvalue weighted by molar-refractivity contribution is -0.173. The van der Waals surface area contributed by atoms with Crippen molar-refractivity contribution in [2.75, 3.05) is 18.6 Å². The zero-order chi connectivity index (χ0) is 38.2. The molecule has 7 nitrogen and oxygen atoms in total. The molecule has 0 aromatic heterocycles. The Labute approximate surface area is 305 Å². The minimum Gasteiger partial charge on any atom is -0.490 e. The van der Waals surface area contributed by atoms with E-state index in [0.29, 0.717) is 0 Å². The van der Waals surface area contributed by atoms with Gasteiger partial charge in [-0.25, -0.2) is 4.90 Å². The lowest BCUT2D eigenvalue weighted by Gasteiger charge is -2.33. The van der Waals surface area contributed by atoms with Crippen LogP contribution in [0.25, 0.3) is 0 Å². The number of carbonyl (C=O) groups is 4. The molecule has 1 atom stereocenters. The second-order valence-corrected chi connectivity index (χ2v) is 12.9. The van der Waals surface area contributed by atoms with Crippen LogP contribution in [0, 0.1) is 6.92 Å². The summed E-state index contributed by atoms with van der Waals surface area (Å²) in [5.74, 6) is -2.72. The fraction of sp³-hybridized carbons (Fsp3) is 0.209. The van der Waals surface area contributed by atoms with Gasteiger partial charge in [-0.3, -0.25) is 24.1 Å². The van der Waals surface area contributed by atoms with Gasteiger partial charge in [-0.1, -0.05) is 92.7 Å². The quantitative estimate of drug-likeness (QED) is 0.150. The summed E-state index contributed by atoms with van der Waals surface area (Å²) in [5, 5.41) is 0. The predicted molar refractivity (Wildman–Crippen MR) is 196 cm³/mol. The molecule has 0 saturated heterocycles. The van der Waals surface area contributed by atoms with E-state index in [1.807, 2.05) is 81.4 Å². The maximum atomic E-state index is 15.1. The van der Waals surface area contributed by atoms with Crippen LogP contribution in [0.1, 0.15) is 95.9 Å². The summed E-state index contributed by atoms with van der Waals surface area (Å²) in [6.07, 6.45) is -4.90. The van der Waals surface area contributed by atoms with Crippen molar-refractivity contribution in [2.45, 2.75) is 45.2 Å². The van der Waals surface area contributed by atoms with Gasteiger partial charge in [0.05, 0.1) is 34.5 Å². The third-order valence-corrected chi connectivity index (χ3v) is 9.86. The molecule has 2 aliphatic rings. The van der Waals surface area contributed by atoms with Gasteiger partial charge >= 0.3 is 6.18 Å². The molecule has 0 bridgehead atoms. The van der Waals surface area contributed by atoms with E-state index in [0.717, 1.165) is 51.6 Å². The first-order valence-electron chi connectivity index (χ1n) is 17.2. The van der Waals surface area contributed by atoms with Crippen LogP contribution in [-0.4, -0.2) is 48.4 Å². The molecule has 4 amide bonds. The van der Waals surface area contributed by atoms with E-state index in [9.17, 15) is 19.2 Å². The summed E-state index contributed by atoms with van der Waals surface area (Å²) in [7, 11) is 1.26. The van der Waals surface area contributed by atoms with Crippen molar-refractivity contribution in [2.24, 2.45) is 0 Å². The summed E-state index contributed by atoms with van der Waals surface area (Å²) in [6, 6.07) is 31.5. The minimum absolute atomic E-state index is 0.0103. The Bertz CT molecular complexity index is 2200. The van der Waals surface area contributed by atoms with Gasteiger partial charge in [0.25, 0.3) is 23.6 Å². The molecule has 0 saturated carbocycles. The molecule has 53 heavy (non-hydrogen) atoms. The number of carbonyl (C=O) groups excluding carboxylic acids is 4. The molecule has 1 unspecified atom stereocenters. The van der Waals surface area contributed by atoms with E-state index in [-0.39, 0.29) is 57.3 Å². The summed E-state index contributed by atoms with van der Waals surface area (Å²) in [6.45, 7) is 6.96. The number of aryl methyl sites for hydroxylation is 1. The van der Waals surface area contributed by atoms with Crippen molar-refractivity contribution < 1.29 is 37.1 Å². The monoisotopic (exact) mass is 718 g/mol. The third-order valence-electron chi connectivity index (χ3n) is 9.86. The fourth-order valence-corrected chi connectivity index (χ4v) is 6.79. The van der Waals surface area contributed by atoms with Crippen molar-refractivity contribution in [3.05, 3.63) is 165 Å². The zero-order valence-electron chi connectivity index (χ0n) is 29.8. The molecule has 2 aliphatic heterocycles. The average Bonchev–Trinajstić information content (AvgIpc) is 3.54. The number of hydrogen-bond donors (Lipinski definition) is 0. The number of fused-ring (bicyclic) bond motifs is 2. The zero-order valence-corrected chi connectivity index (χ0v) is 29.8. The van der Waals surface area contributed by atoms with Crippen molar-refractivity contribution in [3.8, 4) is 5.75 Å². The second-order valence-electron chi connectivity index (χ2n) is 12.9. The third kappa shape index (κ3) is 6.28. The predicted octanol–water partition coefficient (Wildman–Crippen LogP) is 9.13. The van der Waals surface area contributed by atoms with Crippen LogP contribution in [0.4, 0.5) is 18.9 Å². The molecule has 2 heterocycles. The SMILES string of the molecule is CC.Cc1ccc(N2C(=O)c3ccc(C(C)(c4ccc5c(c4)C(=O)N(C)C5=O)C(F)(F)F)cc3C2=O)c(OCC(c2ccccc2)c2ccccc2)c1. The van der Waals surface area contributed by atoms with E-state index in [4.69, 9.17) is 4.74 Å². The molecule has 10 heteroatoms. The van der Waals surface area contributed by atoms with Crippen LogP contribution in [0.15, 0.2) is 115 Å². The number of hydrogen-bond acceptors (Lipinski definition) is 5. The molecule has 0 aliphatic carbocycles. The number of nitrogens with zero attached hydrogens (tertiary/aromatic N) is 2.